The van der Waals surface area contributed by atoms with E-state index in [1.54, 1.807) is 48.5 Å². The van der Waals surface area contributed by atoms with Crippen molar-refractivity contribution in [3.63, 3.8) is 0 Å². The summed E-state index contributed by atoms with van der Waals surface area (Å²) in [6, 6.07) is 15.6. The van der Waals surface area contributed by atoms with Crippen LogP contribution >= 0.6 is 0 Å². The average Bonchev–Trinajstić information content (AvgIpc) is 2.99. The summed E-state index contributed by atoms with van der Waals surface area (Å²) in [5.74, 6) is -1.83. The molecule has 0 radical (unpaired) electrons. The van der Waals surface area contributed by atoms with Gasteiger partial charge >= 0.3 is 5.97 Å². The van der Waals surface area contributed by atoms with E-state index in [0.29, 0.717) is 16.7 Å². The predicted octanol–water partition coefficient (Wildman–Crippen LogP) is 1.89. The van der Waals surface area contributed by atoms with Gasteiger partial charge in [-0.1, -0.05) is 54.6 Å². The lowest BCUT2D eigenvalue weighted by Gasteiger charge is -2.13. The van der Waals surface area contributed by atoms with Gasteiger partial charge in [0.1, 0.15) is 13.2 Å². The van der Waals surface area contributed by atoms with Crippen LogP contribution in [0.3, 0.4) is 0 Å². The largest absolute Gasteiger partial charge is 0.459 e. The van der Waals surface area contributed by atoms with Gasteiger partial charge in [0.2, 0.25) is 0 Å². The van der Waals surface area contributed by atoms with Gasteiger partial charge in [-0.05, 0) is 5.56 Å². The molecule has 0 unspecified atom stereocenters. The Bertz CT molecular complexity index is 866. The van der Waals surface area contributed by atoms with Crippen molar-refractivity contribution in [2.45, 2.75) is 6.61 Å². The SMILES string of the molecule is O=C(CN1C(=O)C=CC1=O)OCc1ccc(C(=O)c2ccccc2)cc1. The van der Waals surface area contributed by atoms with Crippen molar-refractivity contribution < 1.29 is 23.9 Å². The van der Waals surface area contributed by atoms with Crippen molar-refractivity contribution in [3.05, 3.63) is 83.4 Å². The third-order valence-corrected chi connectivity index (χ3v) is 3.84. The first-order valence-electron chi connectivity index (χ1n) is 7.92. The number of benzene rings is 2. The lowest BCUT2D eigenvalue weighted by atomic mass is 10.0. The summed E-state index contributed by atoms with van der Waals surface area (Å²) in [7, 11) is 0. The minimum Gasteiger partial charge on any atom is -0.459 e. The summed E-state index contributed by atoms with van der Waals surface area (Å²) >= 11 is 0. The van der Waals surface area contributed by atoms with Gasteiger partial charge in [-0.3, -0.25) is 24.1 Å². The van der Waals surface area contributed by atoms with E-state index in [0.717, 1.165) is 17.1 Å². The second kappa shape index (κ2) is 7.57. The molecule has 1 aliphatic rings. The lowest BCUT2D eigenvalue weighted by Crippen LogP contribution is -2.35. The molecule has 130 valence electrons. The molecular formula is C20H15NO5. The van der Waals surface area contributed by atoms with E-state index in [2.05, 4.69) is 0 Å². The molecule has 6 nitrogen and oxygen atoms in total. The normalized spacial score (nSPS) is 13.2. The van der Waals surface area contributed by atoms with Gasteiger partial charge in [0.15, 0.2) is 5.78 Å². The van der Waals surface area contributed by atoms with Crippen LogP contribution in [0.15, 0.2) is 66.7 Å². The van der Waals surface area contributed by atoms with Crippen LogP contribution in [0.5, 0.6) is 0 Å². The van der Waals surface area contributed by atoms with Gasteiger partial charge < -0.3 is 4.74 Å². The Morgan fingerprint density at radius 2 is 1.38 bits per heavy atom. The molecule has 1 aliphatic heterocycles. The average molecular weight is 349 g/mol. The van der Waals surface area contributed by atoms with Crippen molar-refractivity contribution >= 4 is 23.6 Å². The van der Waals surface area contributed by atoms with Crippen LogP contribution in [0.4, 0.5) is 0 Å². The maximum atomic E-state index is 12.3. The second-order valence-electron chi connectivity index (χ2n) is 5.65. The van der Waals surface area contributed by atoms with E-state index in [9.17, 15) is 19.2 Å². The third kappa shape index (κ3) is 3.92. The zero-order chi connectivity index (χ0) is 18.5. The fraction of sp³-hybridized carbons (Fsp3) is 0.100. The molecule has 3 rings (SSSR count). The number of ether oxygens (including phenoxy) is 1. The molecule has 0 N–H and O–H groups in total. The molecule has 0 spiro atoms. The van der Waals surface area contributed by atoms with Crippen LogP contribution < -0.4 is 0 Å². The Morgan fingerprint density at radius 3 is 2.00 bits per heavy atom. The number of nitrogens with zero attached hydrogens (tertiary/aromatic N) is 1. The summed E-state index contributed by atoms with van der Waals surface area (Å²) in [5, 5.41) is 0. The highest BCUT2D eigenvalue weighted by Gasteiger charge is 2.26. The van der Waals surface area contributed by atoms with Gasteiger partial charge in [0.25, 0.3) is 11.8 Å². The van der Waals surface area contributed by atoms with Crippen LogP contribution in [0, 0.1) is 0 Å². The quantitative estimate of drug-likeness (QED) is 0.452. The standard InChI is InChI=1S/C20H15NO5/c22-17-10-11-18(23)21(17)12-19(24)26-13-14-6-8-16(9-7-14)20(25)15-4-2-1-3-5-15/h1-11H,12-13H2. The summed E-state index contributed by atoms with van der Waals surface area (Å²) in [6.07, 6.45) is 2.22. The summed E-state index contributed by atoms with van der Waals surface area (Å²) in [6.45, 7) is -0.433. The Morgan fingerprint density at radius 1 is 0.808 bits per heavy atom. The number of amides is 2. The van der Waals surface area contributed by atoms with E-state index in [-0.39, 0.29) is 12.4 Å². The van der Waals surface area contributed by atoms with Crippen molar-refractivity contribution in [3.8, 4) is 0 Å². The minimum absolute atomic E-state index is 0.0116. The van der Waals surface area contributed by atoms with E-state index in [1.807, 2.05) is 6.07 Å². The molecule has 6 heteroatoms. The van der Waals surface area contributed by atoms with Crippen molar-refractivity contribution in [2.75, 3.05) is 6.54 Å². The topological polar surface area (TPSA) is 80.8 Å². The van der Waals surface area contributed by atoms with E-state index in [4.69, 9.17) is 4.74 Å². The first kappa shape index (κ1) is 17.3. The summed E-state index contributed by atoms with van der Waals surface area (Å²) < 4.78 is 5.07. The van der Waals surface area contributed by atoms with Crippen LogP contribution in [0.1, 0.15) is 21.5 Å². The van der Waals surface area contributed by atoms with Gasteiger partial charge in [0.05, 0.1) is 0 Å². The fourth-order valence-electron chi connectivity index (χ4n) is 2.43. The molecule has 26 heavy (non-hydrogen) atoms. The smallest absolute Gasteiger partial charge is 0.326 e. The molecule has 2 aromatic carbocycles. The maximum Gasteiger partial charge on any atom is 0.326 e. The monoisotopic (exact) mass is 349 g/mol. The Balaban J connectivity index is 1.55. The fourth-order valence-corrected chi connectivity index (χ4v) is 2.43. The number of ketones is 1. The Kier molecular flexibility index (Phi) is 5.03. The second-order valence-corrected chi connectivity index (χ2v) is 5.65. The lowest BCUT2D eigenvalue weighted by molar-refractivity contribution is -0.152. The molecule has 0 saturated heterocycles. The Hall–Kier alpha value is -3.54. The van der Waals surface area contributed by atoms with Crippen LogP contribution in [-0.4, -0.2) is 35.0 Å². The molecular weight excluding hydrogens is 334 g/mol. The van der Waals surface area contributed by atoms with Gasteiger partial charge in [-0.2, -0.15) is 0 Å². The molecule has 0 aliphatic carbocycles. The van der Waals surface area contributed by atoms with E-state index < -0.39 is 24.3 Å². The molecule has 0 saturated carbocycles. The van der Waals surface area contributed by atoms with Crippen LogP contribution in [0.2, 0.25) is 0 Å². The van der Waals surface area contributed by atoms with Gasteiger partial charge in [-0.25, -0.2) is 0 Å². The predicted molar refractivity (Wildman–Crippen MR) is 92.0 cm³/mol. The molecule has 0 aromatic heterocycles. The van der Waals surface area contributed by atoms with E-state index >= 15 is 0 Å². The molecule has 2 amide bonds. The number of hydrogen-bond donors (Lipinski definition) is 0. The van der Waals surface area contributed by atoms with Crippen molar-refractivity contribution in [2.24, 2.45) is 0 Å². The van der Waals surface area contributed by atoms with E-state index in [1.165, 1.54) is 0 Å². The first-order valence-corrected chi connectivity index (χ1v) is 7.92. The number of rotatable bonds is 6. The zero-order valence-corrected chi connectivity index (χ0v) is 13.8. The van der Waals surface area contributed by atoms with Crippen molar-refractivity contribution in [1.82, 2.24) is 4.90 Å². The number of imide groups is 1. The first-order chi connectivity index (χ1) is 12.5. The zero-order valence-electron chi connectivity index (χ0n) is 13.8. The highest BCUT2D eigenvalue weighted by Crippen LogP contribution is 2.12. The summed E-state index contributed by atoms with van der Waals surface area (Å²) in [4.78, 5) is 47.7. The number of hydrogen-bond acceptors (Lipinski definition) is 5. The van der Waals surface area contributed by atoms with Gasteiger partial charge in [-0.15, -0.1) is 0 Å². The molecule has 2 aromatic rings. The van der Waals surface area contributed by atoms with Crippen LogP contribution in [0.25, 0.3) is 0 Å². The number of esters is 1. The van der Waals surface area contributed by atoms with Crippen LogP contribution in [-0.2, 0) is 25.7 Å². The summed E-state index contributed by atoms with van der Waals surface area (Å²) in [5.41, 5.74) is 1.83. The molecule has 0 fully saturated rings. The Labute approximate surface area is 149 Å². The molecule has 0 atom stereocenters. The third-order valence-electron chi connectivity index (χ3n) is 3.84. The highest BCUT2D eigenvalue weighted by atomic mass is 16.5. The molecule has 0 bridgehead atoms. The highest BCUT2D eigenvalue weighted by molar-refractivity contribution is 6.14. The van der Waals surface area contributed by atoms with Crippen molar-refractivity contribution in [1.29, 1.82) is 0 Å². The maximum absolute atomic E-state index is 12.3. The number of carbonyl (C=O) groups is 4. The minimum atomic E-state index is -0.681. The van der Waals surface area contributed by atoms with Gasteiger partial charge in [0, 0.05) is 23.3 Å². The number of carbonyl (C=O) groups excluding carboxylic acids is 4. The molecule has 1 heterocycles.